The maximum atomic E-state index is 6.02. The molecule has 116 heavy (non-hydrogen) atoms. The summed E-state index contributed by atoms with van der Waals surface area (Å²) in [6.45, 7) is 0. The van der Waals surface area contributed by atoms with Gasteiger partial charge in [0.05, 0.1) is 0 Å². The van der Waals surface area contributed by atoms with Gasteiger partial charge in [0.15, 0.2) is 52.4 Å². The Morgan fingerprint density at radius 1 is 0.112 bits per heavy atom. The van der Waals surface area contributed by atoms with Crippen molar-refractivity contribution in [1.29, 1.82) is 0 Å². The summed E-state index contributed by atoms with van der Waals surface area (Å²) in [5, 5.41) is 12.1. The number of nitrogens with zero attached hydrogens (tertiary/aromatic N) is 9. The first-order chi connectivity index (χ1) is 57.4. The third-order valence-corrected chi connectivity index (χ3v) is 21.0. The summed E-state index contributed by atoms with van der Waals surface area (Å²) in [6.07, 6.45) is 0. The molecule has 11 heteroatoms. The lowest BCUT2D eigenvalue weighted by atomic mass is 9.92. The molecule has 0 fully saturated rings. The van der Waals surface area contributed by atoms with Crippen LogP contribution >= 0.6 is 0 Å². The first-order valence-electron chi connectivity index (χ1n) is 38.5. The highest BCUT2D eigenvalue weighted by molar-refractivity contribution is 6.26. The van der Waals surface area contributed by atoms with E-state index in [1.807, 2.05) is 237 Å². The smallest absolute Gasteiger partial charge is 0.164 e. The Balaban J connectivity index is 0.000000113. The molecule has 5 heterocycles. The largest absolute Gasteiger partial charge is 0.456 e. The van der Waals surface area contributed by atoms with Crippen molar-refractivity contribution in [2.75, 3.05) is 0 Å². The SMILES string of the molecule is c1ccc(-c2nc(-c3ccccc3)nc(-c3ccc(-c4ccc5c6ccccc6c6ccccc6c5c4)cc3)n2)cc1.c1ccc(-c2nc(-c3ccccc3)nc(-c3ccc(-c4ccc5oc6ccccc6c5c4)cc3)n2)cc1.c1ccc(-c2nc(-c3ccccc3)nc(-c3cccc(-c4ccc5oc6ccccc6c5c4)c3)n2)cc1. The van der Waals surface area contributed by atoms with Gasteiger partial charge in [0.25, 0.3) is 0 Å². The van der Waals surface area contributed by atoms with E-state index in [1.165, 1.54) is 37.9 Å². The van der Waals surface area contributed by atoms with Crippen molar-refractivity contribution >= 4 is 76.2 Å². The highest BCUT2D eigenvalue weighted by Gasteiger charge is 2.19. The first-order valence-corrected chi connectivity index (χ1v) is 38.5. The molecular formula is C105H67N9O2. The monoisotopic (exact) mass is 1490 g/mol. The number of furan rings is 2. The average molecular weight is 1490 g/mol. The zero-order valence-corrected chi connectivity index (χ0v) is 62.5. The number of para-hydroxylation sites is 2. The zero-order chi connectivity index (χ0) is 77.1. The predicted octanol–water partition coefficient (Wildman–Crippen LogP) is 26.9. The van der Waals surface area contributed by atoms with Gasteiger partial charge in [0.2, 0.25) is 0 Å². The van der Waals surface area contributed by atoms with Gasteiger partial charge in [0.1, 0.15) is 22.3 Å². The number of benzene rings is 17. The number of hydrogen-bond donors (Lipinski definition) is 0. The van der Waals surface area contributed by atoms with E-state index in [-0.39, 0.29) is 0 Å². The quantitative estimate of drug-likeness (QED) is 0.108. The average Bonchev–Trinajstić information content (AvgIpc) is 1.06. The molecular weight excluding hydrogens is 1420 g/mol. The van der Waals surface area contributed by atoms with E-state index in [2.05, 4.69) is 170 Å². The maximum Gasteiger partial charge on any atom is 0.164 e. The molecule has 0 aliphatic carbocycles. The molecule has 0 unspecified atom stereocenters. The lowest BCUT2D eigenvalue weighted by Gasteiger charge is -2.12. The summed E-state index contributed by atoms with van der Waals surface area (Å²) in [6, 6.07) is 139. The van der Waals surface area contributed by atoms with Gasteiger partial charge in [0, 0.05) is 71.6 Å². The van der Waals surface area contributed by atoms with Gasteiger partial charge < -0.3 is 8.83 Å². The standard InChI is InChI=1S/C39H25N3.2C33H21N3O/c1-3-11-27(12-4-1)37-40-38(28-13-5-2-6-14-28)42-39(41-37)29-21-19-26(20-22-29)30-23-24-35-33-17-8-7-15-31(33)32-16-9-10-18-34(32)36(35)25-30;1-3-10-22(11-4-1)31-34-32(23-12-5-2-6-13-23)36-33(35-31)26-15-9-14-24(20-26)25-18-19-30-28(21-25)27-16-7-8-17-29(27)37-30;1-3-9-23(10-4-1)31-34-32(24-11-5-2-6-12-24)36-33(35-31)25-17-15-22(16-18-25)26-19-20-30-28(21-26)27-13-7-8-14-29(27)37-30/h1-25H;2*1-21H. The van der Waals surface area contributed by atoms with Crippen LogP contribution in [0.2, 0.25) is 0 Å². The third-order valence-electron chi connectivity index (χ3n) is 21.0. The Morgan fingerprint density at radius 3 is 0.647 bits per heavy atom. The van der Waals surface area contributed by atoms with Crippen LogP contribution in [0.3, 0.4) is 0 Å². The molecule has 22 aromatic rings. The Bertz CT molecular complexity index is 7150. The van der Waals surface area contributed by atoms with Crippen molar-refractivity contribution in [3.63, 3.8) is 0 Å². The van der Waals surface area contributed by atoms with Crippen LogP contribution in [0.15, 0.2) is 415 Å². The fourth-order valence-electron chi connectivity index (χ4n) is 15.2. The lowest BCUT2D eigenvalue weighted by molar-refractivity contribution is 0.668. The van der Waals surface area contributed by atoms with E-state index in [4.69, 9.17) is 53.7 Å². The summed E-state index contributed by atoms with van der Waals surface area (Å²) in [7, 11) is 0. The Morgan fingerprint density at radius 2 is 0.310 bits per heavy atom. The van der Waals surface area contributed by atoms with Gasteiger partial charge >= 0.3 is 0 Å². The fraction of sp³-hybridized carbons (Fsp3) is 0. The normalized spacial score (nSPS) is 11.3. The van der Waals surface area contributed by atoms with Gasteiger partial charge in [-0.1, -0.05) is 358 Å². The summed E-state index contributed by atoms with van der Waals surface area (Å²) in [5.41, 5.74) is 19.0. The summed E-state index contributed by atoms with van der Waals surface area (Å²) in [4.78, 5) is 43.6. The molecule has 22 rings (SSSR count). The van der Waals surface area contributed by atoms with Gasteiger partial charge in [-0.05, 0) is 114 Å². The van der Waals surface area contributed by atoms with Crippen molar-refractivity contribution in [2.24, 2.45) is 0 Å². The highest BCUT2D eigenvalue weighted by Crippen LogP contribution is 2.40. The molecule has 0 saturated carbocycles. The number of hydrogen-bond acceptors (Lipinski definition) is 11. The molecule has 0 aliphatic rings. The minimum atomic E-state index is 0.643. The highest BCUT2D eigenvalue weighted by atomic mass is 16.3. The topological polar surface area (TPSA) is 142 Å². The van der Waals surface area contributed by atoms with Crippen LogP contribution in [0.1, 0.15) is 0 Å². The number of aromatic nitrogens is 9. The van der Waals surface area contributed by atoms with Crippen LogP contribution in [0.25, 0.3) is 212 Å². The van der Waals surface area contributed by atoms with E-state index in [0.717, 1.165) is 122 Å². The minimum absolute atomic E-state index is 0.643. The van der Waals surface area contributed by atoms with Crippen molar-refractivity contribution in [2.45, 2.75) is 0 Å². The van der Waals surface area contributed by atoms with E-state index in [0.29, 0.717) is 52.4 Å². The van der Waals surface area contributed by atoms with Gasteiger partial charge in [-0.15, -0.1) is 0 Å². The molecule has 17 aromatic carbocycles. The fourth-order valence-corrected chi connectivity index (χ4v) is 15.2. The first kappa shape index (κ1) is 69.4. The second kappa shape index (κ2) is 30.8. The van der Waals surface area contributed by atoms with Crippen molar-refractivity contribution < 1.29 is 8.83 Å². The maximum absolute atomic E-state index is 6.02. The molecule has 0 radical (unpaired) electrons. The molecule has 0 N–H and O–H groups in total. The Kier molecular flexibility index (Phi) is 18.4. The lowest BCUT2D eigenvalue weighted by Crippen LogP contribution is -2.00. The predicted molar refractivity (Wildman–Crippen MR) is 472 cm³/mol. The van der Waals surface area contributed by atoms with Crippen LogP contribution in [0, 0.1) is 0 Å². The molecule has 0 aliphatic heterocycles. The Labute approximate surface area is 668 Å². The molecule has 0 spiro atoms. The summed E-state index contributed by atoms with van der Waals surface area (Å²) >= 11 is 0. The van der Waals surface area contributed by atoms with E-state index in [1.54, 1.807) is 0 Å². The van der Waals surface area contributed by atoms with Gasteiger partial charge in [-0.2, -0.15) is 0 Å². The third kappa shape index (κ3) is 14.0. The second-order valence-electron chi connectivity index (χ2n) is 28.3. The summed E-state index contributed by atoms with van der Waals surface area (Å²) < 4.78 is 12.0. The molecule has 0 bridgehead atoms. The van der Waals surface area contributed by atoms with Crippen LogP contribution in [0.5, 0.6) is 0 Å². The van der Waals surface area contributed by atoms with Crippen molar-refractivity contribution in [1.82, 2.24) is 44.9 Å². The Hall–Kier alpha value is -15.9. The van der Waals surface area contributed by atoms with Gasteiger partial charge in [-0.3, -0.25) is 0 Å². The van der Waals surface area contributed by atoms with Gasteiger partial charge in [-0.25, -0.2) is 44.9 Å². The van der Waals surface area contributed by atoms with E-state index >= 15 is 0 Å². The van der Waals surface area contributed by atoms with Crippen LogP contribution in [-0.2, 0) is 0 Å². The molecule has 0 amide bonds. The molecule has 0 atom stereocenters. The molecule has 11 nitrogen and oxygen atoms in total. The molecule has 0 saturated heterocycles. The molecule has 5 aromatic heterocycles. The molecule has 544 valence electrons. The van der Waals surface area contributed by atoms with E-state index in [9.17, 15) is 0 Å². The van der Waals surface area contributed by atoms with Crippen molar-refractivity contribution in [3.8, 4) is 136 Å². The van der Waals surface area contributed by atoms with Crippen LogP contribution in [-0.4, -0.2) is 44.9 Å². The van der Waals surface area contributed by atoms with E-state index < -0.39 is 0 Å². The zero-order valence-electron chi connectivity index (χ0n) is 62.5. The minimum Gasteiger partial charge on any atom is -0.456 e. The summed E-state index contributed by atoms with van der Waals surface area (Å²) in [5.74, 6) is 5.90. The number of fused-ring (bicyclic) bond motifs is 12. The van der Waals surface area contributed by atoms with Crippen LogP contribution in [0.4, 0.5) is 0 Å². The second-order valence-corrected chi connectivity index (χ2v) is 28.3. The number of rotatable bonds is 12. The van der Waals surface area contributed by atoms with Crippen LogP contribution < -0.4 is 0 Å². The van der Waals surface area contributed by atoms with Crippen molar-refractivity contribution in [3.05, 3.63) is 406 Å².